The van der Waals surface area contributed by atoms with Gasteiger partial charge in [-0.15, -0.1) is 12.4 Å². The first-order chi connectivity index (χ1) is 8.17. The molecule has 0 aromatic carbocycles. The number of amides is 1. The van der Waals surface area contributed by atoms with Crippen molar-refractivity contribution in [2.24, 2.45) is 17.6 Å². The van der Waals surface area contributed by atoms with Gasteiger partial charge in [-0.1, -0.05) is 6.92 Å². The molecule has 0 aromatic rings. The molecule has 0 aromatic heterocycles. The summed E-state index contributed by atoms with van der Waals surface area (Å²) < 4.78 is 5.38. The summed E-state index contributed by atoms with van der Waals surface area (Å²) in [4.78, 5) is 14.4. The van der Waals surface area contributed by atoms with Crippen molar-refractivity contribution in [2.75, 3.05) is 20.2 Å². The van der Waals surface area contributed by atoms with Gasteiger partial charge < -0.3 is 15.4 Å². The Balaban J connectivity index is 0.00000162. The molecule has 2 fully saturated rings. The summed E-state index contributed by atoms with van der Waals surface area (Å²) in [6, 6.07) is 0.169. The topological polar surface area (TPSA) is 55.6 Å². The number of carbonyl (C=O) groups is 1. The zero-order valence-electron chi connectivity index (χ0n) is 11.3. The van der Waals surface area contributed by atoms with Crippen molar-refractivity contribution in [3.63, 3.8) is 0 Å². The third-order valence-electron chi connectivity index (χ3n) is 4.27. The van der Waals surface area contributed by atoms with Gasteiger partial charge in [0.25, 0.3) is 0 Å². The maximum absolute atomic E-state index is 12.4. The average molecular weight is 277 g/mol. The van der Waals surface area contributed by atoms with E-state index < -0.39 is 0 Å². The lowest BCUT2D eigenvalue weighted by molar-refractivity contribution is -0.141. The number of ether oxygens (including phenoxy) is 1. The summed E-state index contributed by atoms with van der Waals surface area (Å²) in [6.45, 7) is 3.41. The van der Waals surface area contributed by atoms with Crippen LogP contribution in [-0.2, 0) is 9.53 Å². The molecule has 2 N–H and O–H groups in total. The molecule has 1 aliphatic carbocycles. The van der Waals surface area contributed by atoms with Gasteiger partial charge in [0.2, 0.25) is 5.91 Å². The van der Waals surface area contributed by atoms with Crippen LogP contribution in [0.25, 0.3) is 0 Å². The quantitative estimate of drug-likeness (QED) is 0.845. The molecule has 4 nitrogen and oxygen atoms in total. The number of hydrogen-bond acceptors (Lipinski definition) is 3. The second-order valence-corrected chi connectivity index (χ2v) is 5.43. The van der Waals surface area contributed by atoms with Crippen molar-refractivity contribution in [3.8, 4) is 0 Å². The first-order valence-corrected chi connectivity index (χ1v) is 6.70. The fourth-order valence-electron chi connectivity index (χ4n) is 2.80. The van der Waals surface area contributed by atoms with E-state index in [4.69, 9.17) is 10.5 Å². The van der Waals surface area contributed by atoms with Crippen LogP contribution in [0.4, 0.5) is 0 Å². The lowest BCUT2D eigenvalue weighted by Gasteiger charge is -2.39. The minimum atomic E-state index is 0. The molecular weight excluding hydrogens is 252 g/mol. The number of rotatable bonds is 4. The summed E-state index contributed by atoms with van der Waals surface area (Å²) in [5, 5.41) is 0. The summed E-state index contributed by atoms with van der Waals surface area (Å²) in [5.41, 5.74) is 5.79. The third kappa shape index (κ3) is 3.37. The standard InChI is InChI=1S/C13H24N2O2.ClH/c1-9(10-3-4-10)13(16)15-6-5-12(17-2)7-11(15)8-14;/h9-12H,3-8,14H2,1-2H3;1H. The number of hydrogen-bond donors (Lipinski definition) is 1. The zero-order chi connectivity index (χ0) is 12.4. The molecule has 5 heteroatoms. The van der Waals surface area contributed by atoms with Gasteiger partial charge in [-0.05, 0) is 31.6 Å². The van der Waals surface area contributed by atoms with Crippen molar-refractivity contribution < 1.29 is 9.53 Å². The van der Waals surface area contributed by atoms with Gasteiger partial charge in [0, 0.05) is 32.2 Å². The average Bonchev–Trinajstić information content (AvgIpc) is 3.20. The van der Waals surface area contributed by atoms with Crippen LogP contribution in [0.5, 0.6) is 0 Å². The van der Waals surface area contributed by atoms with Gasteiger partial charge in [-0.3, -0.25) is 4.79 Å². The summed E-state index contributed by atoms with van der Waals surface area (Å²) in [7, 11) is 1.74. The van der Waals surface area contributed by atoms with Gasteiger partial charge in [0.15, 0.2) is 0 Å². The molecule has 0 bridgehead atoms. The van der Waals surface area contributed by atoms with E-state index in [1.807, 2.05) is 4.90 Å². The number of piperidine rings is 1. The maximum Gasteiger partial charge on any atom is 0.225 e. The van der Waals surface area contributed by atoms with Crippen LogP contribution < -0.4 is 5.73 Å². The maximum atomic E-state index is 12.4. The first-order valence-electron chi connectivity index (χ1n) is 6.70. The van der Waals surface area contributed by atoms with E-state index >= 15 is 0 Å². The lowest BCUT2D eigenvalue weighted by atomic mass is 9.96. The van der Waals surface area contributed by atoms with Crippen molar-refractivity contribution in [2.45, 2.75) is 44.8 Å². The first kappa shape index (κ1) is 15.7. The van der Waals surface area contributed by atoms with Gasteiger partial charge in [-0.2, -0.15) is 0 Å². The van der Waals surface area contributed by atoms with Crippen LogP contribution in [0.15, 0.2) is 0 Å². The zero-order valence-corrected chi connectivity index (χ0v) is 12.1. The highest BCUT2D eigenvalue weighted by atomic mass is 35.5. The lowest BCUT2D eigenvalue weighted by Crippen LogP contribution is -2.52. The SMILES string of the molecule is COC1CCN(C(=O)C(C)C2CC2)C(CN)C1.Cl. The smallest absolute Gasteiger partial charge is 0.225 e. The van der Waals surface area contributed by atoms with Crippen LogP contribution >= 0.6 is 12.4 Å². The highest BCUT2D eigenvalue weighted by molar-refractivity contribution is 5.85. The number of halogens is 1. The Morgan fingerprint density at radius 3 is 2.61 bits per heavy atom. The van der Waals surface area contributed by atoms with E-state index in [2.05, 4.69) is 6.92 Å². The molecule has 2 rings (SSSR count). The summed E-state index contributed by atoms with van der Waals surface area (Å²) in [5.74, 6) is 1.11. The third-order valence-corrected chi connectivity index (χ3v) is 4.27. The molecule has 1 heterocycles. The van der Waals surface area contributed by atoms with E-state index in [0.717, 1.165) is 19.4 Å². The number of nitrogens with zero attached hydrogens (tertiary/aromatic N) is 1. The van der Waals surface area contributed by atoms with Gasteiger partial charge in [0.05, 0.1) is 6.10 Å². The highest BCUT2D eigenvalue weighted by Gasteiger charge is 2.38. The largest absolute Gasteiger partial charge is 0.381 e. The van der Waals surface area contributed by atoms with Gasteiger partial charge in [-0.25, -0.2) is 0 Å². The normalized spacial score (nSPS) is 29.6. The van der Waals surface area contributed by atoms with Gasteiger partial charge >= 0.3 is 0 Å². The Kier molecular flexibility index (Phi) is 5.89. The summed E-state index contributed by atoms with van der Waals surface area (Å²) >= 11 is 0. The molecule has 1 saturated carbocycles. The number of nitrogens with two attached hydrogens (primary N) is 1. The summed E-state index contributed by atoms with van der Waals surface area (Å²) in [6.07, 6.45) is 4.53. The van der Waals surface area contributed by atoms with E-state index in [1.165, 1.54) is 12.8 Å². The molecular formula is C13H25ClN2O2. The molecule has 1 aliphatic heterocycles. The van der Waals surface area contributed by atoms with E-state index in [1.54, 1.807) is 7.11 Å². The predicted molar refractivity (Wildman–Crippen MR) is 73.7 cm³/mol. The highest BCUT2D eigenvalue weighted by Crippen LogP contribution is 2.38. The molecule has 0 radical (unpaired) electrons. The molecule has 1 saturated heterocycles. The number of methoxy groups -OCH3 is 1. The molecule has 2 aliphatic rings. The Hall–Kier alpha value is -0.320. The molecule has 1 amide bonds. The van der Waals surface area contributed by atoms with Crippen molar-refractivity contribution in [1.82, 2.24) is 4.90 Å². The molecule has 3 atom stereocenters. The minimum absolute atomic E-state index is 0. The molecule has 106 valence electrons. The Labute approximate surface area is 116 Å². The van der Waals surface area contributed by atoms with E-state index in [9.17, 15) is 4.79 Å². The number of carbonyl (C=O) groups excluding carboxylic acids is 1. The van der Waals surface area contributed by atoms with Crippen LogP contribution in [0.2, 0.25) is 0 Å². The molecule has 0 spiro atoms. The fourth-order valence-corrected chi connectivity index (χ4v) is 2.80. The van der Waals surface area contributed by atoms with Crippen molar-refractivity contribution in [3.05, 3.63) is 0 Å². The second kappa shape index (κ2) is 6.73. The minimum Gasteiger partial charge on any atom is -0.381 e. The Morgan fingerprint density at radius 1 is 1.44 bits per heavy atom. The Morgan fingerprint density at radius 2 is 2.11 bits per heavy atom. The molecule has 18 heavy (non-hydrogen) atoms. The molecule has 3 unspecified atom stereocenters. The van der Waals surface area contributed by atoms with Crippen LogP contribution in [-0.4, -0.2) is 43.2 Å². The Bertz CT molecular complexity index is 284. The van der Waals surface area contributed by atoms with Crippen molar-refractivity contribution in [1.29, 1.82) is 0 Å². The monoisotopic (exact) mass is 276 g/mol. The fraction of sp³-hybridized carbons (Fsp3) is 0.923. The van der Waals surface area contributed by atoms with Crippen LogP contribution in [0.3, 0.4) is 0 Å². The van der Waals surface area contributed by atoms with Crippen LogP contribution in [0.1, 0.15) is 32.6 Å². The number of likely N-dealkylation sites (tertiary alicyclic amines) is 1. The van der Waals surface area contributed by atoms with E-state index in [0.29, 0.717) is 18.4 Å². The van der Waals surface area contributed by atoms with Crippen LogP contribution in [0, 0.1) is 11.8 Å². The van der Waals surface area contributed by atoms with Crippen molar-refractivity contribution >= 4 is 18.3 Å². The predicted octanol–water partition coefficient (Wildman–Crippen LogP) is 1.42. The van der Waals surface area contributed by atoms with Gasteiger partial charge in [0.1, 0.15) is 0 Å². The second-order valence-electron chi connectivity index (χ2n) is 5.43. The van der Waals surface area contributed by atoms with E-state index in [-0.39, 0.29) is 30.5 Å².